The molecule has 0 saturated carbocycles. The van der Waals surface area contributed by atoms with Crippen molar-refractivity contribution in [1.29, 1.82) is 0 Å². The molecule has 0 aliphatic heterocycles. The van der Waals surface area contributed by atoms with E-state index in [0.717, 1.165) is 16.4 Å². The first kappa shape index (κ1) is 10.1. The van der Waals surface area contributed by atoms with Crippen LogP contribution in [0.5, 0.6) is 0 Å². The third-order valence-corrected chi connectivity index (χ3v) is 2.62. The summed E-state index contributed by atoms with van der Waals surface area (Å²) >= 11 is 6.06. The third kappa shape index (κ3) is 2.31. The molecular weight excluding hydrogens is 206 g/mol. The predicted molar refractivity (Wildman–Crippen MR) is 65.9 cm³/mol. The van der Waals surface area contributed by atoms with E-state index in [2.05, 4.69) is 18.3 Å². The van der Waals surface area contributed by atoms with Gasteiger partial charge in [-0.05, 0) is 30.7 Å². The van der Waals surface area contributed by atoms with E-state index in [9.17, 15) is 0 Å². The highest BCUT2D eigenvalue weighted by Crippen LogP contribution is 2.26. The van der Waals surface area contributed by atoms with Crippen LogP contribution in [-0.2, 0) is 0 Å². The van der Waals surface area contributed by atoms with Crippen molar-refractivity contribution in [1.82, 2.24) is 0 Å². The summed E-state index contributed by atoms with van der Waals surface area (Å²) in [7, 11) is 0. The summed E-state index contributed by atoms with van der Waals surface area (Å²) < 4.78 is 0. The quantitative estimate of drug-likeness (QED) is 0.787. The Kier molecular flexibility index (Phi) is 2.93. The standard InChI is InChI=1S/C13H12ClN/c1-10-6-2-4-8-12(10)15-13-9-5-3-7-11(13)14/h2-9,15H,1H3. The van der Waals surface area contributed by atoms with E-state index in [4.69, 9.17) is 11.6 Å². The minimum absolute atomic E-state index is 0.737. The van der Waals surface area contributed by atoms with Crippen molar-refractivity contribution in [2.75, 3.05) is 5.32 Å². The van der Waals surface area contributed by atoms with Gasteiger partial charge in [0.15, 0.2) is 0 Å². The van der Waals surface area contributed by atoms with E-state index in [0.29, 0.717) is 0 Å². The fourth-order valence-electron chi connectivity index (χ4n) is 1.42. The lowest BCUT2D eigenvalue weighted by molar-refractivity contribution is 1.43. The van der Waals surface area contributed by atoms with Crippen LogP contribution >= 0.6 is 11.6 Å². The number of benzene rings is 2. The summed E-state index contributed by atoms with van der Waals surface area (Å²) in [6.07, 6.45) is 0. The van der Waals surface area contributed by atoms with E-state index in [1.807, 2.05) is 42.5 Å². The first-order valence-corrected chi connectivity index (χ1v) is 5.22. The highest BCUT2D eigenvalue weighted by molar-refractivity contribution is 6.33. The minimum Gasteiger partial charge on any atom is -0.354 e. The molecule has 0 saturated heterocycles. The molecule has 2 heteroatoms. The smallest absolute Gasteiger partial charge is 0.0640 e. The van der Waals surface area contributed by atoms with Crippen LogP contribution in [0.3, 0.4) is 0 Å². The SMILES string of the molecule is Cc1ccccc1Nc1ccccc1Cl. The molecule has 76 valence electrons. The molecule has 0 aliphatic rings. The number of para-hydroxylation sites is 2. The molecule has 0 aliphatic carbocycles. The van der Waals surface area contributed by atoms with Gasteiger partial charge in [0.1, 0.15) is 0 Å². The maximum absolute atomic E-state index is 6.06. The second kappa shape index (κ2) is 4.37. The summed E-state index contributed by atoms with van der Waals surface area (Å²) in [5, 5.41) is 4.05. The average Bonchev–Trinajstić information content (AvgIpc) is 2.24. The van der Waals surface area contributed by atoms with E-state index in [-0.39, 0.29) is 0 Å². The van der Waals surface area contributed by atoms with Crippen molar-refractivity contribution < 1.29 is 0 Å². The highest BCUT2D eigenvalue weighted by Gasteiger charge is 2.00. The van der Waals surface area contributed by atoms with Crippen molar-refractivity contribution in [2.24, 2.45) is 0 Å². The van der Waals surface area contributed by atoms with Crippen LogP contribution in [0.2, 0.25) is 5.02 Å². The van der Waals surface area contributed by atoms with Gasteiger partial charge in [-0.15, -0.1) is 0 Å². The Bertz CT molecular complexity index is 422. The lowest BCUT2D eigenvalue weighted by Gasteiger charge is -2.10. The zero-order chi connectivity index (χ0) is 10.7. The molecule has 0 unspecified atom stereocenters. The minimum atomic E-state index is 0.737. The third-order valence-electron chi connectivity index (χ3n) is 2.29. The topological polar surface area (TPSA) is 12.0 Å². The summed E-state index contributed by atoms with van der Waals surface area (Å²) in [6, 6.07) is 15.9. The molecule has 0 radical (unpaired) electrons. The van der Waals surface area contributed by atoms with Crippen LogP contribution in [0, 0.1) is 6.92 Å². The van der Waals surface area contributed by atoms with Crippen molar-refractivity contribution in [2.45, 2.75) is 6.92 Å². The van der Waals surface area contributed by atoms with E-state index in [1.165, 1.54) is 5.56 Å². The molecule has 0 heterocycles. The summed E-state index contributed by atoms with van der Waals surface area (Å²) in [6.45, 7) is 2.07. The Morgan fingerprint density at radius 2 is 1.47 bits per heavy atom. The first-order chi connectivity index (χ1) is 7.27. The van der Waals surface area contributed by atoms with Crippen molar-refractivity contribution >= 4 is 23.0 Å². The average molecular weight is 218 g/mol. The Labute approximate surface area is 94.7 Å². The molecule has 2 aromatic rings. The van der Waals surface area contributed by atoms with Gasteiger partial charge in [0, 0.05) is 5.69 Å². The van der Waals surface area contributed by atoms with Gasteiger partial charge >= 0.3 is 0 Å². The fraction of sp³-hybridized carbons (Fsp3) is 0.0769. The van der Waals surface area contributed by atoms with Gasteiger partial charge in [0.25, 0.3) is 0 Å². The van der Waals surface area contributed by atoms with E-state index >= 15 is 0 Å². The van der Waals surface area contributed by atoms with Crippen molar-refractivity contribution in [3.8, 4) is 0 Å². The number of aryl methyl sites for hydroxylation is 1. The number of anilines is 2. The van der Waals surface area contributed by atoms with E-state index in [1.54, 1.807) is 0 Å². The molecule has 0 fully saturated rings. The number of hydrogen-bond acceptors (Lipinski definition) is 1. The number of nitrogens with one attached hydrogen (secondary N) is 1. The maximum Gasteiger partial charge on any atom is 0.0640 e. The Balaban J connectivity index is 2.30. The molecule has 0 aromatic heterocycles. The summed E-state index contributed by atoms with van der Waals surface area (Å²) in [5.74, 6) is 0. The molecule has 2 rings (SSSR count). The van der Waals surface area contributed by atoms with Gasteiger partial charge in [-0.25, -0.2) is 0 Å². The second-order valence-corrected chi connectivity index (χ2v) is 3.83. The van der Waals surface area contributed by atoms with Crippen LogP contribution in [0.1, 0.15) is 5.56 Å². The molecule has 0 bridgehead atoms. The Morgan fingerprint density at radius 3 is 2.13 bits per heavy atom. The lowest BCUT2D eigenvalue weighted by Crippen LogP contribution is -1.92. The Morgan fingerprint density at radius 1 is 0.867 bits per heavy atom. The summed E-state index contributed by atoms with van der Waals surface area (Å²) in [4.78, 5) is 0. The number of halogens is 1. The van der Waals surface area contributed by atoms with Gasteiger partial charge in [-0.3, -0.25) is 0 Å². The van der Waals surface area contributed by atoms with Crippen LogP contribution in [0.25, 0.3) is 0 Å². The van der Waals surface area contributed by atoms with Gasteiger partial charge in [0.05, 0.1) is 10.7 Å². The molecule has 2 aromatic carbocycles. The zero-order valence-corrected chi connectivity index (χ0v) is 9.25. The molecule has 1 nitrogen and oxygen atoms in total. The molecular formula is C13H12ClN. The zero-order valence-electron chi connectivity index (χ0n) is 8.50. The van der Waals surface area contributed by atoms with Crippen molar-refractivity contribution in [3.05, 3.63) is 59.1 Å². The fourth-order valence-corrected chi connectivity index (χ4v) is 1.60. The molecule has 0 spiro atoms. The van der Waals surface area contributed by atoms with Gasteiger partial charge in [0.2, 0.25) is 0 Å². The summed E-state index contributed by atoms with van der Waals surface area (Å²) in [5.41, 5.74) is 3.23. The van der Waals surface area contributed by atoms with Crippen molar-refractivity contribution in [3.63, 3.8) is 0 Å². The number of rotatable bonds is 2. The van der Waals surface area contributed by atoms with Crippen LogP contribution in [0.15, 0.2) is 48.5 Å². The normalized spacial score (nSPS) is 10.0. The van der Waals surface area contributed by atoms with Crippen LogP contribution in [0.4, 0.5) is 11.4 Å². The number of hydrogen-bond donors (Lipinski definition) is 1. The molecule has 0 amide bonds. The molecule has 0 atom stereocenters. The second-order valence-electron chi connectivity index (χ2n) is 3.42. The molecule has 15 heavy (non-hydrogen) atoms. The highest BCUT2D eigenvalue weighted by atomic mass is 35.5. The van der Waals surface area contributed by atoms with E-state index < -0.39 is 0 Å². The maximum atomic E-state index is 6.06. The molecule has 1 N–H and O–H groups in total. The van der Waals surface area contributed by atoms with Gasteiger partial charge < -0.3 is 5.32 Å². The van der Waals surface area contributed by atoms with Gasteiger partial charge in [-0.2, -0.15) is 0 Å². The first-order valence-electron chi connectivity index (χ1n) is 4.84. The largest absolute Gasteiger partial charge is 0.354 e. The lowest BCUT2D eigenvalue weighted by atomic mass is 10.2. The van der Waals surface area contributed by atoms with Crippen LogP contribution < -0.4 is 5.32 Å². The predicted octanol–water partition coefficient (Wildman–Crippen LogP) is 4.39. The monoisotopic (exact) mass is 217 g/mol. The van der Waals surface area contributed by atoms with Gasteiger partial charge in [-0.1, -0.05) is 41.9 Å². The van der Waals surface area contributed by atoms with Crippen LogP contribution in [-0.4, -0.2) is 0 Å². The Hall–Kier alpha value is -1.47.